The molecule has 1 N–H and O–H groups in total. The van der Waals surface area contributed by atoms with E-state index in [9.17, 15) is 5.11 Å². The van der Waals surface area contributed by atoms with E-state index in [0.717, 1.165) is 60.3 Å². The van der Waals surface area contributed by atoms with Crippen LogP contribution in [0.2, 0.25) is 0 Å². The first-order valence-electron chi connectivity index (χ1n) is 10.7. The van der Waals surface area contributed by atoms with Crippen molar-refractivity contribution in [3.63, 3.8) is 0 Å². The predicted octanol–water partition coefficient (Wildman–Crippen LogP) is 3.59. The van der Waals surface area contributed by atoms with Gasteiger partial charge in [-0.05, 0) is 37.7 Å². The van der Waals surface area contributed by atoms with Gasteiger partial charge in [-0.1, -0.05) is 13.8 Å². The molecule has 156 valence electrons. The van der Waals surface area contributed by atoms with Crippen LogP contribution in [-0.4, -0.2) is 45.4 Å². The van der Waals surface area contributed by atoms with Gasteiger partial charge in [0, 0.05) is 30.1 Å². The first kappa shape index (κ1) is 19.0. The molecule has 0 saturated heterocycles. The summed E-state index contributed by atoms with van der Waals surface area (Å²) in [6.45, 7) is 5.20. The van der Waals surface area contributed by atoms with Crippen LogP contribution in [0.3, 0.4) is 0 Å². The van der Waals surface area contributed by atoms with E-state index in [1.165, 1.54) is 0 Å². The van der Waals surface area contributed by atoms with Crippen LogP contribution in [0.5, 0.6) is 0 Å². The molecule has 4 aromatic heterocycles. The second-order valence-electron chi connectivity index (χ2n) is 8.26. The molecule has 1 aliphatic carbocycles. The second kappa shape index (κ2) is 7.68. The van der Waals surface area contributed by atoms with E-state index in [1.807, 2.05) is 44.7 Å². The molecule has 0 bridgehead atoms. The zero-order valence-corrected chi connectivity index (χ0v) is 17.4. The van der Waals surface area contributed by atoms with E-state index < -0.39 is 0 Å². The van der Waals surface area contributed by atoms with Gasteiger partial charge in [0.05, 0.1) is 53.8 Å². The first-order chi connectivity index (χ1) is 14.6. The van der Waals surface area contributed by atoms with Crippen LogP contribution in [0.1, 0.15) is 45.6 Å². The Hall–Kier alpha value is -3.00. The van der Waals surface area contributed by atoms with Crippen LogP contribution in [0, 0.1) is 5.92 Å². The number of aliphatic hydroxyl groups is 1. The smallest absolute Gasteiger partial charge is 0.0999 e. The summed E-state index contributed by atoms with van der Waals surface area (Å²) in [5, 5.41) is 23.1. The van der Waals surface area contributed by atoms with E-state index in [1.54, 1.807) is 6.20 Å². The molecule has 1 aliphatic rings. The minimum atomic E-state index is -0.141. The fraction of sp³-hybridized carbons (Fsp3) is 0.455. The lowest BCUT2D eigenvalue weighted by atomic mass is 9.82. The van der Waals surface area contributed by atoms with Crippen molar-refractivity contribution in [2.75, 3.05) is 0 Å². The summed E-state index contributed by atoms with van der Waals surface area (Å²) in [7, 11) is 0. The molecule has 8 heteroatoms. The number of hydrogen-bond donors (Lipinski definition) is 1. The summed E-state index contributed by atoms with van der Waals surface area (Å²) >= 11 is 0. The Kier molecular flexibility index (Phi) is 4.86. The summed E-state index contributed by atoms with van der Waals surface area (Å²) < 4.78 is 5.86. The van der Waals surface area contributed by atoms with Gasteiger partial charge in [0.2, 0.25) is 0 Å². The zero-order valence-electron chi connectivity index (χ0n) is 17.4. The van der Waals surface area contributed by atoms with E-state index in [4.69, 9.17) is 4.98 Å². The highest BCUT2D eigenvalue weighted by atomic mass is 16.3. The highest BCUT2D eigenvalue weighted by Crippen LogP contribution is 2.30. The lowest BCUT2D eigenvalue weighted by molar-refractivity contribution is 0.0337. The summed E-state index contributed by atoms with van der Waals surface area (Å²) in [5.41, 5.74) is 4.61. The lowest BCUT2D eigenvalue weighted by Gasteiger charge is -2.31. The van der Waals surface area contributed by atoms with E-state index >= 15 is 0 Å². The number of nitrogens with zero attached hydrogens (tertiary/aromatic N) is 7. The van der Waals surface area contributed by atoms with Gasteiger partial charge in [0.25, 0.3) is 0 Å². The molecule has 5 rings (SSSR count). The maximum atomic E-state index is 9.51. The third kappa shape index (κ3) is 3.41. The Balaban J connectivity index is 1.49. The first-order valence-corrected chi connectivity index (χ1v) is 10.7. The minimum Gasteiger partial charge on any atom is -0.393 e. The van der Waals surface area contributed by atoms with Gasteiger partial charge < -0.3 is 5.11 Å². The van der Waals surface area contributed by atoms with Crippen molar-refractivity contribution in [2.45, 2.75) is 58.2 Å². The average molecular weight is 406 g/mol. The van der Waals surface area contributed by atoms with Crippen molar-refractivity contribution < 1.29 is 5.11 Å². The van der Waals surface area contributed by atoms with Crippen molar-refractivity contribution in [3.8, 4) is 22.5 Å². The Labute approximate surface area is 175 Å². The van der Waals surface area contributed by atoms with E-state index in [-0.39, 0.29) is 6.10 Å². The zero-order chi connectivity index (χ0) is 20.7. The molecule has 0 atom stereocenters. The van der Waals surface area contributed by atoms with Crippen LogP contribution < -0.4 is 0 Å². The number of aliphatic hydroxyl groups excluding tert-OH is 1. The van der Waals surface area contributed by atoms with Crippen LogP contribution in [-0.2, 0) is 6.54 Å². The summed E-state index contributed by atoms with van der Waals surface area (Å²) in [5.74, 6) is 0.501. The van der Waals surface area contributed by atoms with Gasteiger partial charge in [-0.3, -0.25) is 9.36 Å². The minimum absolute atomic E-state index is 0.141. The second-order valence-corrected chi connectivity index (χ2v) is 8.26. The highest BCUT2D eigenvalue weighted by Gasteiger charge is 2.27. The van der Waals surface area contributed by atoms with E-state index in [0.29, 0.717) is 12.0 Å². The molecule has 0 unspecified atom stereocenters. The molecule has 0 amide bonds. The quantitative estimate of drug-likeness (QED) is 0.508. The summed E-state index contributed by atoms with van der Waals surface area (Å²) in [6.07, 6.45) is 15.3. The van der Waals surface area contributed by atoms with Gasteiger partial charge in [-0.15, -0.1) is 0 Å². The molecule has 0 aliphatic heterocycles. The third-order valence-corrected chi connectivity index (χ3v) is 6.17. The largest absolute Gasteiger partial charge is 0.393 e. The molecule has 8 nitrogen and oxygen atoms in total. The number of hydrogen-bond acceptors (Lipinski definition) is 5. The fourth-order valence-electron chi connectivity index (χ4n) is 4.31. The average Bonchev–Trinajstić information content (AvgIpc) is 3.47. The van der Waals surface area contributed by atoms with Crippen LogP contribution in [0.4, 0.5) is 0 Å². The van der Waals surface area contributed by atoms with Crippen molar-refractivity contribution >= 4 is 5.52 Å². The third-order valence-electron chi connectivity index (χ3n) is 6.17. The molecule has 1 saturated carbocycles. The Morgan fingerprint density at radius 2 is 1.83 bits per heavy atom. The molecular formula is C22H27N7O. The van der Waals surface area contributed by atoms with Crippen molar-refractivity contribution in [1.82, 2.24) is 34.2 Å². The summed E-state index contributed by atoms with van der Waals surface area (Å²) in [4.78, 5) is 4.97. The maximum absolute atomic E-state index is 9.51. The number of aromatic nitrogens is 7. The van der Waals surface area contributed by atoms with Crippen molar-refractivity contribution in [2.24, 2.45) is 5.92 Å². The van der Waals surface area contributed by atoms with Gasteiger partial charge >= 0.3 is 0 Å². The molecule has 30 heavy (non-hydrogen) atoms. The SMILES string of the molecule is CCC(CC)n1cc(-c2nc(-c3cnn(CC4CC(O)C4)c3)cn3nccc23)cn1. The van der Waals surface area contributed by atoms with Crippen molar-refractivity contribution in [1.29, 1.82) is 0 Å². The van der Waals surface area contributed by atoms with E-state index in [2.05, 4.69) is 35.3 Å². The Morgan fingerprint density at radius 3 is 2.60 bits per heavy atom. The van der Waals surface area contributed by atoms with Gasteiger partial charge in [0.15, 0.2) is 0 Å². The normalized spacial score (nSPS) is 18.9. The van der Waals surface area contributed by atoms with Gasteiger partial charge in [-0.2, -0.15) is 15.3 Å². The number of rotatable bonds is 7. The predicted molar refractivity (Wildman–Crippen MR) is 114 cm³/mol. The highest BCUT2D eigenvalue weighted by molar-refractivity contribution is 5.78. The molecule has 0 aromatic carbocycles. The maximum Gasteiger partial charge on any atom is 0.0999 e. The molecule has 4 aromatic rings. The van der Waals surface area contributed by atoms with Crippen molar-refractivity contribution in [3.05, 3.63) is 43.2 Å². The van der Waals surface area contributed by atoms with Crippen LogP contribution >= 0.6 is 0 Å². The van der Waals surface area contributed by atoms with Gasteiger partial charge in [0.1, 0.15) is 0 Å². The molecule has 0 radical (unpaired) electrons. The fourth-order valence-corrected chi connectivity index (χ4v) is 4.31. The topological polar surface area (TPSA) is 86.1 Å². The van der Waals surface area contributed by atoms with Crippen LogP contribution in [0.15, 0.2) is 43.2 Å². The molecule has 4 heterocycles. The van der Waals surface area contributed by atoms with Gasteiger partial charge in [-0.25, -0.2) is 9.50 Å². The number of fused-ring (bicyclic) bond motifs is 1. The lowest BCUT2D eigenvalue weighted by Crippen LogP contribution is -2.31. The molecule has 0 spiro atoms. The summed E-state index contributed by atoms with van der Waals surface area (Å²) in [6, 6.07) is 2.37. The monoisotopic (exact) mass is 405 g/mol. The standard InChI is InChI=1S/C22H27N7O/c1-3-18(4-2)28-13-17(10-25-28)22-21-5-6-23-29(21)14-20(26-22)16-9-24-27(12-16)11-15-7-19(30)8-15/h5-6,9-10,12-15,18-19,30H,3-4,7-8,11H2,1-2H3. The molecular weight excluding hydrogens is 378 g/mol. The van der Waals surface area contributed by atoms with Crippen LogP contribution in [0.25, 0.3) is 28.0 Å². The molecule has 1 fully saturated rings. The Bertz CT molecular complexity index is 1150. The Morgan fingerprint density at radius 1 is 1.03 bits per heavy atom.